The summed E-state index contributed by atoms with van der Waals surface area (Å²) < 4.78 is 39.8. The number of hydrogen-bond donors (Lipinski definition) is 2. The number of nitrogens with zero attached hydrogens (tertiary/aromatic N) is 3. The Labute approximate surface area is 207 Å². The average Bonchev–Trinajstić information content (AvgIpc) is 3.32. The summed E-state index contributed by atoms with van der Waals surface area (Å²) in [6.07, 6.45) is 1.37. The van der Waals surface area contributed by atoms with Crippen molar-refractivity contribution in [3.05, 3.63) is 64.0 Å². The highest BCUT2D eigenvalue weighted by atomic mass is 19.4. The van der Waals surface area contributed by atoms with Gasteiger partial charge in [0.25, 0.3) is 0 Å². The second-order valence-corrected chi connectivity index (χ2v) is 9.51. The van der Waals surface area contributed by atoms with Gasteiger partial charge in [-0.2, -0.15) is 13.2 Å². The Hall–Kier alpha value is -3.62. The summed E-state index contributed by atoms with van der Waals surface area (Å²) in [5.41, 5.74) is 11.3. The second kappa shape index (κ2) is 9.11. The van der Waals surface area contributed by atoms with Crippen molar-refractivity contribution in [3.63, 3.8) is 0 Å². The largest absolute Gasteiger partial charge is 0.416 e. The standard InChI is InChI=1S/C27H28F3N5O/c1-15-33-25-22-5-3-4-21(22)23(18-6-8-35(9-7-18)16(2)36)13-24(25)26(34-15)32-14-17-10-19(27(28,29)30)12-20(31)11-17/h6,10-13H,3-5,7-9,14,31H2,1-2H3,(H,32,33,34). The van der Waals surface area contributed by atoms with Crippen LogP contribution in [-0.4, -0.2) is 33.9 Å². The SMILES string of the molecule is CC(=O)N1CC=C(c2cc3c(NCc4cc(N)cc(C(F)(F)F)c4)nc(C)nc3c3c2CCC3)CC1. The van der Waals surface area contributed by atoms with Crippen molar-refractivity contribution in [2.24, 2.45) is 0 Å². The molecular weight excluding hydrogens is 467 g/mol. The molecule has 0 spiro atoms. The highest BCUT2D eigenvalue weighted by Crippen LogP contribution is 2.39. The number of amides is 1. The van der Waals surface area contributed by atoms with Crippen molar-refractivity contribution >= 4 is 33.9 Å². The molecule has 0 saturated carbocycles. The molecule has 0 radical (unpaired) electrons. The van der Waals surface area contributed by atoms with Crippen molar-refractivity contribution in [1.29, 1.82) is 0 Å². The molecular formula is C27H28F3N5O. The van der Waals surface area contributed by atoms with Crippen molar-refractivity contribution in [2.75, 3.05) is 24.1 Å². The molecule has 0 fully saturated rings. The van der Waals surface area contributed by atoms with Crippen LogP contribution in [0.3, 0.4) is 0 Å². The number of carbonyl (C=O) groups is 1. The monoisotopic (exact) mass is 495 g/mol. The van der Waals surface area contributed by atoms with Gasteiger partial charge in [-0.15, -0.1) is 0 Å². The van der Waals surface area contributed by atoms with E-state index in [0.717, 1.165) is 54.3 Å². The molecule has 2 heterocycles. The van der Waals surface area contributed by atoms with Crippen molar-refractivity contribution in [3.8, 4) is 0 Å². The van der Waals surface area contributed by atoms with E-state index in [2.05, 4.69) is 22.4 Å². The Balaban J connectivity index is 1.54. The van der Waals surface area contributed by atoms with Crippen LogP contribution >= 0.6 is 0 Å². The summed E-state index contributed by atoms with van der Waals surface area (Å²) in [5.74, 6) is 1.26. The number of carbonyl (C=O) groups excluding carboxylic acids is 1. The summed E-state index contributed by atoms with van der Waals surface area (Å²) in [7, 11) is 0. The molecule has 9 heteroatoms. The molecule has 1 amide bonds. The third kappa shape index (κ3) is 4.62. The second-order valence-electron chi connectivity index (χ2n) is 9.51. The predicted molar refractivity (Wildman–Crippen MR) is 134 cm³/mol. The number of rotatable bonds is 4. The third-order valence-electron chi connectivity index (χ3n) is 6.98. The van der Waals surface area contributed by atoms with E-state index in [1.165, 1.54) is 22.8 Å². The number of nitrogen functional groups attached to an aromatic ring is 1. The van der Waals surface area contributed by atoms with E-state index in [9.17, 15) is 18.0 Å². The van der Waals surface area contributed by atoms with E-state index in [0.29, 0.717) is 30.3 Å². The lowest BCUT2D eigenvalue weighted by atomic mass is 9.91. The van der Waals surface area contributed by atoms with Gasteiger partial charge in [-0.25, -0.2) is 9.97 Å². The number of halogens is 3. The van der Waals surface area contributed by atoms with Crippen molar-refractivity contribution in [2.45, 2.75) is 52.3 Å². The molecule has 0 unspecified atom stereocenters. The first-order valence-electron chi connectivity index (χ1n) is 12.1. The number of anilines is 2. The number of aryl methyl sites for hydroxylation is 2. The molecule has 1 aliphatic heterocycles. The Morgan fingerprint density at radius 3 is 2.58 bits per heavy atom. The fraction of sp³-hybridized carbons (Fsp3) is 0.370. The van der Waals surface area contributed by atoms with Gasteiger partial charge in [-0.05, 0) is 84.7 Å². The average molecular weight is 496 g/mol. The van der Waals surface area contributed by atoms with E-state index in [4.69, 9.17) is 10.7 Å². The lowest BCUT2D eigenvalue weighted by Gasteiger charge is -2.26. The molecule has 0 atom stereocenters. The number of hydrogen-bond acceptors (Lipinski definition) is 5. The summed E-state index contributed by atoms with van der Waals surface area (Å²) in [4.78, 5) is 23.0. The maximum absolute atomic E-state index is 13.3. The van der Waals surface area contributed by atoms with Crippen LogP contribution in [0.2, 0.25) is 0 Å². The van der Waals surface area contributed by atoms with Gasteiger partial charge in [0.15, 0.2) is 0 Å². The number of nitrogens with one attached hydrogen (secondary N) is 1. The molecule has 188 valence electrons. The number of aromatic nitrogens is 2. The molecule has 1 aliphatic carbocycles. The third-order valence-corrected chi connectivity index (χ3v) is 6.98. The maximum Gasteiger partial charge on any atom is 0.416 e. The van der Waals surface area contributed by atoms with E-state index >= 15 is 0 Å². The number of fused-ring (bicyclic) bond motifs is 3. The van der Waals surface area contributed by atoms with E-state index < -0.39 is 11.7 Å². The lowest BCUT2D eigenvalue weighted by Crippen LogP contribution is -2.32. The van der Waals surface area contributed by atoms with Crippen LogP contribution in [0.5, 0.6) is 0 Å². The topological polar surface area (TPSA) is 84.1 Å². The number of alkyl halides is 3. The molecule has 2 aliphatic rings. The molecule has 2 aromatic carbocycles. The van der Waals surface area contributed by atoms with Crippen LogP contribution in [0.25, 0.3) is 16.5 Å². The Kier molecular flexibility index (Phi) is 6.10. The zero-order valence-corrected chi connectivity index (χ0v) is 20.3. The van der Waals surface area contributed by atoms with Gasteiger partial charge in [0.1, 0.15) is 11.6 Å². The lowest BCUT2D eigenvalue weighted by molar-refractivity contribution is -0.137. The van der Waals surface area contributed by atoms with Crippen molar-refractivity contribution < 1.29 is 18.0 Å². The zero-order chi connectivity index (χ0) is 25.6. The summed E-state index contributed by atoms with van der Waals surface area (Å²) in [5, 5.41) is 4.10. The Morgan fingerprint density at radius 2 is 1.89 bits per heavy atom. The molecule has 0 saturated heterocycles. The highest BCUT2D eigenvalue weighted by molar-refractivity contribution is 5.96. The minimum Gasteiger partial charge on any atom is -0.399 e. The van der Waals surface area contributed by atoms with Crippen molar-refractivity contribution in [1.82, 2.24) is 14.9 Å². The Morgan fingerprint density at radius 1 is 1.11 bits per heavy atom. The minimum atomic E-state index is -4.47. The fourth-order valence-corrected chi connectivity index (χ4v) is 5.27. The van der Waals surface area contributed by atoms with Crippen LogP contribution in [-0.2, 0) is 30.4 Å². The van der Waals surface area contributed by atoms with Gasteiger partial charge < -0.3 is 16.0 Å². The molecule has 5 rings (SSSR count). The van der Waals surface area contributed by atoms with Gasteiger partial charge in [0.05, 0.1) is 11.1 Å². The van der Waals surface area contributed by atoms with E-state index in [-0.39, 0.29) is 18.1 Å². The molecule has 1 aromatic heterocycles. The smallest absolute Gasteiger partial charge is 0.399 e. The number of nitrogens with two attached hydrogens (primary N) is 1. The quantitative estimate of drug-likeness (QED) is 0.482. The van der Waals surface area contributed by atoms with Crippen LogP contribution < -0.4 is 11.1 Å². The van der Waals surface area contributed by atoms with E-state index in [1.807, 2.05) is 11.8 Å². The highest BCUT2D eigenvalue weighted by Gasteiger charge is 2.31. The van der Waals surface area contributed by atoms with Gasteiger partial charge in [0, 0.05) is 37.6 Å². The van der Waals surface area contributed by atoms with Crippen LogP contribution in [0.4, 0.5) is 24.7 Å². The van der Waals surface area contributed by atoms with E-state index in [1.54, 1.807) is 6.92 Å². The molecule has 36 heavy (non-hydrogen) atoms. The van der Waals surface area contributed by atoms with Gasteiger partial charge in [-0.1, -0.05) is 6.08 Å². The van der Waals surface area contributed by atoms with Crippen LogP contribution in [0, 0.1) is 6.92 Å². The minimum absolute atomic E-state index is 0.0642. The first-order valence-corrected chi connectivity index (χ1v) is 12.1. The van der Waals surface area contributed by atoms with Crippen LogP contribution in [0.1, 0.15) is 53.4 Å². The van der Waals surface area contributed by atoms with Crippen LogP contribution in [0.15, 0.2) is 30.3 Å². The predicted octanol–water partition coefficient (Wildman–Crippen LogP) is 5.28. The summed E-state index contributed by atoms with van der Waals surface area (Å²) in [6, 6.07) is 5.69. The molecule has 0 bridgehead atoms. The first kappa shape index (κ1) is 24.1. The summed E-state index contributed by atoms with van der Waals surface area (Å²) in [6.45, 7) is 4.82. The number of benzene rings is 2. The van der Waals surface area contributed by atoms with Gasteiger partial charge in [0.2, 0.25) is 5.91 Å². The molecule has 6 nitrogen and oxygen atoms in total. The zero-order valence-electron chi connectivity index (χ0n) is 20.3. The van der Waals surface area contributed by atoms with Gasteiger partial charge in [-0.3, -0.25) is 4.79 Å². The Bertz CT molecular complexity index is 1400. The van der Waals surface area contributed by atoms with Gasteiger partial charge >= 0.3 is 6.18 Å². The maximum atomic E-state index is 13.3. The summed E-state index contributed by atoms with van der Waals surface area (Å²) >= 11 is 0. The first-order chi connectivity index (χ1) is 17.1. The normalized spacial score (nSPS) is 15.7. The molecule has 3 N–H and O–H groups in total. The molecule has 3 aromatic rings. The fourth-order valence-electron chi connectivity index (χ4n) is 5.27.